The van der Waals surface area contributed by atoms with Crippen LogP contribution in [-0.4, -0.2) is 27.1 Å². The summed E-state index contributed by atoms with van der Waals surface area (Å²) in [7, 11) is 0. The first-order chi connectivity index (χ1) is 14.2. The Kier molecular flexibility index (Phi) is 5.94. The highest BCUT2D eigenvalue weighted by atomic mass is 19.1. The van der Waals surface area contributed by atoms with E-state index in [1.54, 1.807) is 39.0 Å². The van der Waals surface area contributed by atoms with E-state index >= 15 is 0 Å². The van der Waals surface area contributed by atoms with Crippen LogP contribution in [0.25, 0.3) is 11.3 Å². The van der Waals surface area contributed by atoms with Gasteiger partial charge in [-0.15, -0.1) is 0 Å². The van der Waals surface area contributed by atoms with Crippen LogP contribution in [0.5, 0.6) is 0 Å². The number of benzene rings is 2. The number of carbonyl (C=O) groups is 2. The van der Waals surface area contributed by atoms with Gasteiger partial charge in [0.25, 0.3) is 5.91 Å². The van der Waals surface area contributed by atoms with Crippen LogP contribution in [0.15, 0.2) is 42.5 Å². The van der Waals surface area contributed by atoms with E-state index < -0.39 is 24.3 Å². The fraction of sp³-hybridized carbons (Fsp3) is 0.174. The maximum Gasteiger partial charge on any atom is 0.336 e. The average Bonchev–Trinajstić information content (AvgIpc) is 2.71. The molecule has 1 amide bonds. The summed E-state index contributed by atoms with van der Waals surface area (Å²) in [4.78, 5) is 28.8. The number of aryl methyl sites for hydroxylation is 2. The number of pyridine rings is 1. The maximum atomic E-state index is 13.7. The smallest absolute Gasteiger partial charge is 0.336 e. The lowest BCUT2D eigenvalue weighted by molar-refractivity contribution is 0.0695. The van der Waals surface area contributed by atoms with Crippen molar-refractivity contribution in [3.05, 3.63) is 81.8 Å². The Bertz CT molecular complexity index is 1160. The van der Waals surface area contributed by atoms with Crippen molar-refractivity contribution >= 4 is 17.6 Å². The minimum absolute atomic E-state index is 0.108. The van der Waals surface area contributed by atoms with Gasteiger partial charge in [0.2, 0.25) is 0 Å². The second-order valence-corrected chi connectivity index (χ2v) is 7.02. The van der Waals surface area contributed by atoms with Crippen molar-refractivity contribution in [2.75, 3.05) is 5.32 Å². The van der Waals surface area contributed by atoms with E-state index in [-0.39, 0.29) is 16.8 Å². The van der Waals surface area contributed by atoms with Crippen molar-refractivity contribution in [3.8, 4) is 11.3 Å². The van der Waals surface area contributed by atoms with Crippen molar-refractivity contribution in [1.29, 1.82) is 0 Å². The number of anilines is 1. The van der Waals surface area contributed by atoms with Crippen LogP contribution in [0.3, 0.4) is 0 Å². The van der Waals surface area contributed by atoms with E-state index in [1.165, 1.54) is 24.3 Å². The summed E-state index contributed by atoms with van der Waals surface area (Å²) in [6, 6.07) is 10.8. The molecule has 1 heterocycles. The summed E-state index contributed by atoms with van der Waals surface area (Å²) in [5.41, 5.74) is 3.67. The molecule has 0 aliphatic carbocycles. The zero-order chi connectivity index (χ0) is 22.0. The van der Waals surface area contributed by atoms with E-state index in [1.807, 2.05) is 0 Å². The molecule has 0 radical (unpaired) electrons. The largest absolute Gasteiger partial charge is 0.478 e. The molecule has 0 spiro atoms. The molecule has 3 N–H and O–H groups in total. The second-order valence-electron chi connectivity index (χ2n) is 7.02. The molecule has 6 nitrogen and oxygen atoms in total. The molecule has 0 aliphatic heterocycles. The van der Waals surface area contributed by atoms with Crippen molar-refractivity contribution in [2.45, 2.75) is 27.4 Å². The zero-order valence-corrected chi connectivity index (χ0v) is 16.8. The molecule has 7 heteroatoms. The lowest BCUT2D eigenvalue weighted by Gasteiger charge is -2.15. The minimum Gasteiger partial charge on any atom is -0.478 e. The first-order valence-electron chi connectivity index (χ1n) is 9.25. The van der Waals surface area contributed by atoms with Gasteiger partial charge in [0, 0.05) is 16.8 Å². The Balaban J connectivity index is 1.99. The number of aromatic carboxylic acids is 1. The summed E-state index contributed by atoms with van der Waals surface area (Å²) >= 11 is 0. The van der Waals surface area contributed by atoms with Gasteiger partial charge in [-0.3, -0.25) is 4.79 Å². The summed E-state index contributed by atoms with van der Waals surface area (Å²) in [5.74, 6) is -2.07. The monoisotopic (exact) mass is 408 g/mol. The predicted octanol–water partition coefficient (Wildman–Crippen LogP) is 4.26. The van der Waals surface area contributed by atoms with Gasteiger partial charge in [-0.2, -0.15) is 0 Å². The number of nitrogens with one attached hydrogen (secondary N) is 1. The van der Waals surface area contributed by atoms with Crippen molar-refractivity contribution < 1.29 is 24.2 Å². The van der Waals surface area contributed by atoms with Gasteiger partial charge in [-0.1, -0.05) is 12.1 Å². The molecule has 0 atom stereocenters. The number of aliphatic hydroxyl groups is 1. The molecular formula is C23H21FN2O4. The Labute approximate surface area is 173 Å². The molecule has 3 rings (SSSR count). The summed E-state index contributed by atoms with van der Waals surface area (Å²) in [6.45, 7) is 4.71. The van der Waals surface area contributed by atoms with Crippen LogP contribution in [-0.2, 0) is 6.61 Å². The zero-order valence-electron chi connectivity index (χ0n) is 16.8. The fourth-order valence-electron chi connectivity index (χ4n) is 3.22. The highest BCUT2D eigenvalue weighted by molar-refractivity contribution is 6.06. The average molecular weight is 408 g/mol. The molecule has 0 fully saturated rings. The Morgan fingerprint density at radius 2 is 1.73 bits per heavy atom. The highest BCUT2D eigenvalue weighted by Crippen LogP contribution is 2.26. The summed E-state index contributed by atoms with van der Waals surface area (Å²) in [5, 5.41) is 21.4. The molecule has 0 aliphatic rings. The number of carbonyl (C=O) groups excluding carboxylic acids is 1. The standard InChI is InChI=1S/C23H21FN2O4/c1-12-4-7-17(23(29)30)14(3)20(12)26-22(28)21-13(2)5-9-19(25-21)15-6-8-18(24)16(10-15)11-27/h4-10,27H,11H2,1-3H3,(H,26,28)(H,29,30). The topological polar surface area (TPSA) is 99.5 Å². The maximum absolute atomic E-state index is 13.7. The van der Waals surface area contributed by atoms with Crippen LogP contribution in [0, 0.1) is 26.6 Å². The number of aliphatic hydroxyl groups excluding tert-OH is 1. The number of amides is 1. The molecule has 30 heavy (non-hydrogen) atoms. The third-order valence-electron chi connectivity index (χ3n) is 4.97. The van der Waals surface area contributed by atoms with Gasteiger partial charge in [-0.05, 0) is 67.8 Å². The van der Waals surface area contributed by atoms with E-state index in [4.69, 9.17) is 0 Å². The molecule has 0 saturated heterocycles. The van der Waals surface area contributed by atoms with Gasteiger partial charge in [0.1, 0.15) is 11.5 Å². The van der Waals surface area contributed by atoms with Crippen molar-refractivity contribution in [1.82, 2.24) is 4.98 Å². The van der Waals surface area contributed by atoms with Gasteiger partial charge in [0.05, 0.1) is 17.9 Å². The molecule has 154 valence electrons. The number of nitrogens with zero attached hydrogens (tertiary/aromatic N) is 1. The quantitative estimate of drug-likeness (QED) is 0.586. The van der Waals surface area contributed by atoms with Crippen LogP contribution in [0.4, 0.5) is 10.1 Å². The van der Waals surface area contributed by atoms with Crippen molar-refractivity contribution in [2.24, 2.45) is 0 Å². The molecule has 0 saturated carbocycles. The molecule has 1 aromatic heterocycles. The number of hydrogen-bond donors (Lipinski definition) is 3. The summed E-state index contributed by atoms with van der Waals surface area (Å²) in [6.07, 6.45) is 0. The first-order valence-corrected chi connectivity index (χ1v) is 9.25. The SMILES string of the molecule is Cc1ccc(-c2ccc(F)c(CO)c2)nc1C(=O)Nc1c(C)ccc(C(=O)O)c1C. The molecule has 0 unspecified atom stereocenters. The van der Waals surface area contributed by atoms with E-state index in [0.29, 0.717) is 28.1 Å². The molecular weight excluding hydrogens is 387 g/mol. The molecule has 2 aromatic carbocycles. The summed E-state index contributed by atoms with van der Waals surface area (Å²) < 4.78 is 13.7. The number of rotatable bonds is 5. The second kappa shape index (κ2) is 8.42. The Hall–Kier alpha value is -3.58. The van der Waals surface area contributed by atoms with Crippen LogP contribution < -0.4 is 5.32 Å². The first kappa shape index (κ1) is 21.1. The van der Waals surface area contributed by atoms with Crippen LogP contribution in [0.1, 0.15) is 43.1 Å². The number of aromatic nitrogens is 1. The third-order valence-corrected chi connectivity index (χ3v) is 4.97. The van der Waals surface area contributed by atoms with E-state index in [9.17, 15) is 24.2 Å². The van der Waals surface area contributed by atoms with Crippen LogP contribution >= 0.6 is 0 Å². The lowest BCUT2D eigenvalue weighted by Crippen LogP contribution is -2.18. The predicted molar refractivity (Wildman–Crippen MR) is 111 cm³/mol. The van der Waals surface area contributed by atoms with E-state index in [0.717, 1.165) is 5.56 Å². The number of hydrogen-bond acceptors (Lipinski definition) is 4. The number of carboxylic acid groups (broad SMARTS) is 1. The van der Waals surface area contributed by atoms with Crippen LogP contribution in [0.2, 0.25) is 0 Å². The van der Waals surface area contributed by atoms with Gasteiger partial charge in [0.15, 0.2) is 0 Å². The Morgan fingerprint density at radius 3 is 2.40 bits per heavy atom. The van der Waals surface area contributed by atoms with Gasteiger partial charge >= 0.3 is 5.97 Å². The van der Waals surface area contributed by atoms with E-state index in [2.05, 4.69) is 10.3 Å². The minimum atomic E-state index is -1.07. The number of carboxylic acids is 1. The Morgan fingerprint density at radius 1 is 1.03 bits per heavy atom. The normalized spacial score (nSPS) is 10.7. The van der Waals surface area contributed by atoms with Crippen molar-refractivity contribution in [3.63, 3.8) is 0 Å². The molecule has 3 aromatic rings. The fourth-order valence-corrected chi connectivity index (χ4v) is 3.22. The van der Waals surface area contributed by atoms with Gasteiger partial charge in [-0.25, -0.2) is 14.2 Å². The van der Waals surface area contributed by atoms with Gasteiger partial charge < -0.3 is 15.5 Å². The highest BCUT2D eigenvalue weighted by Gasteiger charge is 2.18. The molecule has 0 bridgehead atoms. The number of halogens is 1. The lowest BCUT2D eigenvalue weighted by atomic mass is 10.0. The third kappa shape index (κ3) is 4.06.